The van der Waals surface area contributed by atoms with E-state index in [2.05, 4.69) is 4.99 Å². The lowest BCUT2D eigenvalue weighted by Crippen LogP contribution is -2.21. The molecule has 0 fully saturated rings. The van der Waals surface area contributed by atoms with Gasteiger partial charge in [0.1, 0.15) is 0 Å². The normalized spacial score (nSPS) is 14.8. The van der Waals surface area contributed by atoms with E-state index in [1.165, 1.54) is 0 Å². The summed E-state index contributed by atoms with van der Waals surface area (Å²) in [4.78, 5) is 25.9. The van der Waals surface area contributed by atoms with Crippen LogP contribution >= 0.6 is 0 Å². The van der Waals surface area contributed by atoms with Crippen molar-refractivity contribution in [3.8, 4) is 0 Å². The highest BCUT2D eigenvalue weighted by atomic mass is 16.4. The van der Waals surface area contributed by atoms with Crippen LogP contribution in [0.2, 0.25) is 0 Å². The highest BCUT2D eigenvalue weighted by molar-refractivity contribution is 5.96. The Balaban J connectivity index is 2.07. The average molecular weight is 247 g/mol. The smallest absolute Gasteiger partial charge is 0.307 e. The molecule has 1 aromatic carbocycles. The van der Waals surface area contributed by atoms with Gasteiger partial charge in [0.15, 0.2) is 0 Å². The van der Waals surface area contributed by atoms with Crippen molar-refractivity contribution in [2.45, 2.75) is 19.3 Å². The summed E-state index contributed by atoms with van der Waals surface area (Å²) in [6, 6.07) is 7.59. The molecule has 2 rings (SSSR count). The lowest BCUT2D eigenvalue weighted by Gasteiger charge is -2.09. The lowest BCUT2D eigenvalue weighted by atomic mass is 9.96. The number of hydrogen-bond acceptors (Lipinski definition) is 3. The van der Waals surface area contributed by atoms with Crippen molar-refractivity contribution in [2.75, 3.05) is 0 Å². The van der Waals surface area contributed by atoms with E-state index in [9.17, 15) is 9.59 Å². The molecule has 1 aromatic rings. The fourth-order valence-corrected chi connectivity index (χ4v) is 2.06. The van der Waals surface area contributed by atoms with E-state index >= 15 is 0 Å². The Kier molecular flexibility index (Phi) is 3.41. The summed E-state index contributed by atoms with van der Waals surface area (Å²) >= 11 is 0. The van der Waals surface area contributed by atoms with Crippen molar-refractivity contribution in [3.05, 3.63) is 29.8 Å². The zero-order chi connectivity index (χ0) is 13.1. The number of para-hydroxylation sites is 1. The van der Waals surface area contributed by atoms with Gasteiger partial charge in [0.05, 0.1) is 18.0 Å². The average Bonchev–Trinajstić information content (AvgIpc) is 2.69. The molecule has 0 spiro atoms. The molecule has 5 heteroatoms. The summed E-state index contributed by atoms with van der Waals surface area (Å²) < 4.78 is 0. The van der Waals surface area contributed by atoms with Crippen LogP contribution in [0.5, 0.6) is 0 Å². The zero-order valence-corrected chi connectivity index (χ0v) is 9.67. The predicted octanol–water partition coefficient (Wildman–Crippen LogP) is 1.88. The summed E-state index contributed by atoms with van der Waals surface area (Å²) in [5.74, 6) is -3.09. The first-order valence-electron chi connectivity index (χ1n) is 5.65. The van der Waals surface area contributed by atoms with E-state index < -0.39 is 17.9 Å². The first kappa shape index (κ1) is 12.3. The molecule has 0 bridgehead atoms. The molecule has 1 unspecified atom stereocenters. The molecule has 18 heavy (non-hydrogen) atoms. The van der Waals surface area contributed by atoms with E-state index in [1.54, 1.807) is 0 Å². The molecule has 0 aliphatic carbocycles. The molecule has 0 saturated carbocycles. The van der Waals surface area contributed by atoms with Gasteiger partial charge in [0, 0.05) is 12.1 Å². The summed E-state index contributed by atoms with van der Waals surface area (Å²) in [7, 11) is 0. The third-order valence-corrected chi connectivity index (χ3v) is 2.92. The van der Waals surface area contributed by atoms with Crippen LogP contribution in [0, 0.1) is 5.92 Å². The van der Waals surface area contributed by atoms with Crippen molar-refractivity contribution in [1.82, 2.24) is 0 Å². The number of rotatable bonds is 5. The first-order chi connectivity index (χ1) is 8.56. The minimum atomic E-state index is -1.10. The molecular weight excluding hydrogens is 234 g/mol. The van der Waals surface area contributed by atoms with Crippen molar-refractivity contribution >= 4 is 23.3 Å². The van der Waals surface area contributed by atoms with Crippen LogP contribution in [0.1, 0.15) is 18.4 Å². The number of fused-ring (bicyclic) bond motifs is 1. The Hall–Kier alpha value is -2.17. The van der Waals surface area contributed by atoms with Gasteiger partial charge in [-0.25, -0.2) is 0 Å². The van der Waals surface area contributed by atoms with Crippen molar-refractivity contribution < 1.29 is 19.8 Å². The van der Waals surface area contributed by atoms with Gasteiger partial charge in [-0.3, -0.25) is 14.6 Å². The zero-order valence-electron chi connectivity index (χ0n) is 9.67. The summed E-state index contributed by atoms with van der Waals surface area (Å²) in [6.07, 6.45) is 0.431. The van der Waals surface area contributed by atoms with Crippen LogP contribution in [0.4, 0.5) is 5.69 Å². The molecule has 1 aliphatic rings. The minimum Gasteiger partial charge on any atom is -0.481 e. The van der Waals surface area contributed by atoms with Crippen LogP contribution < -0.4 is 0 Å². The van der Waals surface area contributed by atoms with Gasteiger partial charge >= 0.3 is 11.9 Å². The van der Waals surface area contributed by atoms with E-state index in [0.717, 1.165) is 17.0 Å². The number of carboxylic acids is 2. The molecule has 1 heterocycles. The van der Waals surface area contributed by atoms with Gasteiger partial charge < -0.3 is 10.2 Å². The molecule has 2 N–H and O–H groups in total. The number of nitrogens with zero attached hydrogens (tertiary/aromatic N) is 1. The summed E-state index contributed by atoms with van der Waals surface area (Å²) in [6.45, 7) is 0. The van der Waals surface area contributed by atoms with Crippen LogP contribution in [0.3, 0.4) is 0 Å². The number of aliphatic imine (C=N–C) groups is 1. The monoisotopic (exact) mass is 247 g/mol. The molecule has 5 nitrogen and oxygen atoms in total. The molecule has 1 aliphatic heterocycles. The molecule has 94 valence electrons. The molecule has 0 saturated heterocycles. The fraction of sp³-hybridized carbons (Fsp3) is 0.308. The van der Waals surface area contributed by atoms with Crippen LogP contribution in [0.25, 0.3) is 0 Å². The fourth-order valence-electron chi connectivity index (χ4n) is 2.06. The molecular formula is C13H13NO4. The van der Waals surface area contributed by atoms with E-state index in [4.69, 9.17) is 10.2 Å². The van der Waals surface area contributed by atoms with Crippen LogP contribution in [0.15, 0.2) is 29.3 Å². The minimum absolute atomic E-state index is 0.191. The Labute approximate surface area is 104 Å². The molecule has 1 atom stereocenters. The third-order valence-electron chi connectivity index (χ3n) is 2.92. The van der Waals surface area contributed by atoms with Crippen molar-refractivity contribution in [3.63, 3.8) is 0 Å². The Morgan fingerprint density at radius 2 is 2.00 bits per heavy atom. The van der Waals surface area contributed by atoms with E-state index in [1.807, 2.05) is 24.3 Å². The van der Waals surface area contributed by atoms with E-state index in [-0.39, 0.29) is 12.8 Å². The van der Waals surface area contributed by atoms with Gasteiger partial charge in [0.2, 0.25) is 0 Å². The van der Waals surface area contributed by atoms with Gasteiger partial charge in [-0.15, -0.1) is 0 Å². The topological polar surface area (TPSA) is 87.0 Å². The summed E-state index contributed by atoms with van der Waals surface area (Å²) in [5.41, 5.74) is 2.66. The highest BCUT2D eigenvalue weighted by Crippen LogP contribution is 2.28. The predicted molar refractivity (Wildman–Crippen MR) is 65.2 cm³/mol. The number of aliphatic carboxylic acids is 2. The Bertz CT molecular complexity index is 521. The SMILES string of the molecule is O=C(O)CC(CC1=Nc2ccccc2C1)C(=O)O. The van der Waals surface area contributed by atoms with Gasteiger partial charge in [-0.05, 0) is 18.1 Å². The lowest BCUT2D eigenvalue weighted by molar-refractivity contribution is -0.148. The third kappa shape index (κ3) is 2.74. The molecule has 0 aromatic heterocycles. The second kappa shape index (κ2) is 5.00. The Morgan fingerprint density at radius 3 is 2.61 bits per heavy atom. The molecule has 0 radical (unpaired) electrons. The number of carboxylic acid groups (broad SMARTS) is 2. The maximum absolute atomic E-state index is 11.0. The maximum Gasteiger partial charge on any atom is 0.307 e. The second-order valence-electron chi connectivity index (χ2n) is 4.32. The maximum atomic E-state index is 11.0. The largest absolute Gasteiger partial charge is 0.481 e. The van der Waals surface area contributed by atoms with E-state index in [0.29, 0.717) is 6.42 Å². The van der Waals surface area contributed by atoms with Gasteiger partial charge in [-0.2, -0.15) is 0 Å². The number of benzene rings is 1. The van der Waals surface area contributed by atoms with Gasteiger partial charge in [-0.1, -0.05) is 18.2 Å². The second-order valence-corrected chi connectivity index (χ2v) is 4.32. The summed E-state index contributed by atoms with van der Waals surface area (Å²) in [5, 5.41) is 17.7. The quantitative estimate of drug-likeness (QED) is 0.831. The van der Waals surface area contributed by atoms with Crippen LogP contribution in [-0.2, 0) is 16.0 Å². The van der Waals surface area contributed by atoms with Crippen molar-refractivity contribution in [1.29, 1.82) is 0 Å². The van der Waals surface area contributed by atoms with Crippen LogP contribution in [-0.4, -0.2) is 27.9 Å². The standard InChI is InChI=1S/C13H13NO4/c15-12(16)7-9(13(17)18)6-10-5-8-3-1-2-4-11(8)14-10/h1-4,9H,5-7H2,(H,15,16)(H,17,18). The number of hydrogen-bond donors (Lipinski definition) is 2. The highest BCUT2D eigenvalue weighted by Gasteiger charge is 2.25. The Morgan fingerprint density at radius 1 is 1.28 bits per heavy atom. The number of carbonyl (C=O) groups is 2. The molecule has 0 amide bonds. The van der Waals surface area contributed by atoms with Gasteiger partial charge in [0.25, 0.3) is 0 Å². The first-order valence-corrected chi connectivity index (χ1v) is 5.65. The van der Waals surface area contributed by atoms with Crippen molar-refractivity contribution in [2.24, 2.45) is 10.9 Å².